The third-order valence-electron chi connectivity index (χ3n) is 4.13. The van der Waals surface area contributed by atoms with Crippen LogP contribution in [-0.2, 0) is 17.3 Å². The zero-order chi connectivity index (χ0) is 17.4. The van der Waals surface area contributed by atoms with E-state index < -0.39 is 0 Å². The lowest BCUT2D eigenvalue weighted by Crippen LogP contribution is -2.20. The van der Waals surface area contributed by atoms with Gasteiger partial charge in [0.05, 0.1) is 0 Å². The van der Waals surface area contributed by atoms with Crippen molar-refractivity contribution in [3.63, 3.8) is 0 Å². The highest BCUT2D eigenvalue weighted by Gasteiger charge is 2.29. The Labute approximate surface area is 148 Å². The minimum atomic E-state index is -0.0539. The first-order valence-corrected chi connectivity index (χ1v) is 8.90. The van der Waals surface area contributed by atoms with Crippen LogP contribution < -0.4 is 0 Å². The molecule has 0 fully saturated rings. The van der Waals surface area contributed by atoms with Gasteiger partial charge in [0.25, 0.3) is 0 Å². The number of hydrogen-bond acceptors (Lipinski definition) is 1. The van der Waals surface area contributed by atoms with Gasteiger partial charge in [0.15, 0.2) is 0 Å². The molecule has 2 rings (SSSR count). The van der Waals surface area contributed by atoms with Gasteiger partial charge >= 0.3 is 0 Å². The Morgan fingerprint density at radius 3 is 1.96 bits per heavy atom. The van der Waals surface area contributed by atoms with Crippen LogP contribution in [0.4, 0.5) is 0 Å². The van der Waals surface area contributed by atoms with E-state index >= 15 is 0 Å². The van der Waals surface area contributed by atoms with Crippen LogP contribution in [0.5, 0.6) is 5.75 Å². The number of phenols is 1. The average molecular weight is 375 g/mol. The molecule has 0 saturated heterocycles. The molecule has 0 amide bonds. The first-order chi connectivity index (χ1) is 10.5. The first-order valence-electron chi connectivity index (χ1n) is 8.11. The maximum Gasteiger partial charge on any atom is 0.119 e. The van der Waals surface area contributed by atoms with E-state index in [1.54, 1.807) is 0 Å². The first kappa shape index (κ1) is 18.1. The summed E-state index contributed by atoms with van der Waals surface area (Å²) in [5.41, 5.74) is 4.50. The highest BCUT2D eigenvalue weighted by atomic mass is 79.9. The molecule has 0 aliphatic carbocycles. The number of benzene rings is 2. The lowest BCUT2D eigenvalue weighted by molar-refractivity contribution is 0.457. The lowest BCUT2D eigenvalue weighted by Gasteiger charge is -2.31. The second kappa shape index (κ2) is 6.32. The molecule has 23 heavy (non-hydrogen) atoms. The summed E-state index contributed by atoms with van der Waals surface area (Å²) in [5, 5.41) is 10.8. The van der Waals surface area contributed by atoms with Crippen molar-refractivity contribution in [3.8, 4) is 5.75 Å². The van der Waals surface area contributed by atoms with E-state index in [1.165, 1.54) is 11.1 Å². The molecule has 0 aliphatic heterocycles. The number of rotatable bonds is 2. The molecule has 0 aliphatic rings. The molecule has 0 aromatic heterocycles. The predicted octanol–water partition coefficient (Wildman–Crippen LogP) is 6.34. The highest BCUT2D eigenvalue weighted by molar-refractivity contribution is 9.10. The van der Waals surface area contributed by atoms with Crippen LogP contribution in [0, 0.1) is 0 Å². The van der Waals surface area contributed by atoms with Gasteiger partial charge in [-0.2, -0.15) is 0 Å². The number of phenolic OH excluding ortho intramolecular Hbond substituents is 1. The number of aromatic hydroxyl groups is 1. The van der Waals surface area contributed by atoms with Crippen LogP contribution in [0.15, 0.2) is 40.9 Å². The average Bonchev–Trinajstić information content (AvgIpc) is 2.41. The maximum absolute atomic E-state index is 10.8. The van der Waals surface area contributed by atoms with E-state index in [-0.39, 0.29) is 10.8 Å². The Balaban J connectivity index is 2.69. The van der Waals surface area contributed by atoms with E-state index in [1.807, 2.05) is 24.3 Å². The molecular weight excluding hydrogens is 348 g/mol. The molecular formula is C21H27BrO. The van der Waals surface area contributed by atoms with Crippen molar-refractivity contribution in [3.05, 3.63) is 63.1 Å². The van der Waals surface area contributed by atoms with E-state index in [0.29, 0.717) is 5.75 Å². The van der Waals surface area contributed by atoms with Crippen molar-refractivity contribution in [1.82, 2.24) is 0 Å². The molecule has 0 atom stereocenters. The molecule has 0 radical (unpaired) electrons. The number of halogens is 1. The SMILES string of the molecule is CC(C)(C)c1cc(O)c(Cc2ccccc2)c(C(C)(C)C)c1Br. The molecule has 0 heterocycles. The van der Waals surface area contributed by atoms with Gasteiger partial charge in [0.2, 0.25) is 0 Å². The Morgan fingerprint density at radius 1 is 0.913 bits per heavy atom. The third kappa shape index (κ3) is 3.98. The van der Waals surface area contributed by atoms with Gasteiger partial charge < -0.3 is 5.11 Å². The largest absolute Gasteiger partial charge is 0.508 e. The van der Waals surface area contributed by atoms with Gasteiger partial charge in [-0.05, 0) is 33.6 Å². The maximum atomic E-state index is 10.8. The third-order valence-corrected chi connectivity index (χ3v) is 4.95. The van der Waals surface area contributed by atoms with Crippen molar-refractivity contribution >= 4 is 15.9 Å². The molecule has 0 saturated carbocycles. The van der Waals surface area contributed by atoms with Gasteiger partial charge in [-0.3, -0.25) is 0 Å². The molecule has 0 spiro atoms. The normalized spacial score (nSPS) is 12.5. The quantitative estimate of drug-likeness (QED) is 0.649. The summed E-state index contributed by atoms with van der Waals surface area (Å²) in [6.07, 6.45) is 0.738. The summed E-state index contributed by atoms with van der Waals surface area (Å²) >= 11 is 3.84. The van der Waals surface area contributed by atoms with Gasteiger partial charge in [-0.1, -0.05) is 87.8 Å². The van der Waals surface area contributed by atoms with Gasteiger partial charge in [-0.25, -0.2) is 0 Å². The zero-order valence-electron chi connectivity index (χ0n) is 15.0. The fraction of sp³-hybridized carbons (Fsp3) is 0.429. The van der Waals surface area contributed by atoms with Crippen LogP contribution in [0.25, 0.3) is 0 Å². The Hall–Kier alpha value is -1.28. The molecule has 2 aromatic carbocycles. The minimum absolute atomic E-state index is 0.0262. The van der Waals surface area contributed by atoms with Gasteiger partial charge in [0, 0.05) is 16.5 Å². The van der Waals surface area contributed by atoms with Crippen molar-refractivity contribution in [1.29, 1.82) is 0 Å². The Kier molecular flexibility index (Phi) is 4.96. The van der Waals surface area contributed by atoms with Gasteiger partial charge in [-0.15, -0.1) is 0 Å². The van der Waals surface area contributed by atoms with Crippen molar-refractivity contribution < 1.29 is 5.11 Å². The van der Waals surface area contributed by atoms with E-state index in [9.17, 15) is 5.11 Å². The standard InChI is InChI=1S/C21H27BrO/c1-20(2,3)16-13-17(23)15(12-14-10-8-7-9-11-14)18(19(16)22)21(4,5)6/h7-11,13,23H,12H2,1-6H3. The summed E-state index contributed by atoms with van der Waals surface area (Å²) in [6.45, 7) is 13.1. The van der Waals surface area contributed by atoms with Gasteiger partial charge in [0.1, 0.15) is 5.75 Å². The van der Waals surface area contributed by atoms with Crippen LogP contribution in [0.3, 0.4) is 0 Å². The fourth-order valence-electron chi connectivity index (χ4n) is 2.99. The summed E-state index contributed by atoms with van der Waals surface area (Å²) in [6, 6.07) is 12.3. The number of hydrogen-bond donors (Lipinski definition) is 1. The second-order valence-electron chi connectivity index (χ2n) is 8.27. The predicted molar refractivity (Wildman–Crippen MR) is 102 cm³/mol. The monoisotopic (exact) mass is 374 g/mol. The van der Waals surface area contributed by atoms with E-state index in [0.717, 1.165) is 22.0 Å². The smallest absolute Gasteiger partial charge is 0.119 e. The van der Waals surface area contributed by atoms with E-state index in [4.69, 9.17) is 0 Å². The van der Waals surface area contributed by atoms with Crippen molar-refractivity contribution in [2.75, 3.05) is 0 Å². The van der Waals surface area contributed by atoms with Crippen molar-refractivity contribution in [2.24, 2.45) is 0 Å². The molecule has 0 unspecified atom stereocenters. The van der Waals surface area contributed by atoms with E-state index in [2.05, 4.69) is 69.6 Å². The Bertz CT molecular complexity index is 689. The molecule has 2 aromatic rings. The lowest BCUT2D eigenvalue weighted by atomic mass is 9.77. The summed E-state index contributed by atoms with van der Waals surface area (Å²) in [4.78, 5) is 0. The summed E-state index contributed by atoms with van der Waals surface area (Å²) in [7, 11) is 0. The Morgan fingerprint density at radius 2 is 1.48 bits per heavy atom. The molecule has 0 bridgehead atoms. The summed E-state index contributed by atoms with van der Waals surface area (Å²) < 4.78 is 1.13. The van der Waals surface area contributed by atoms with Crippen LogP contribution in [-0.4, -0.2) is 5.11 Å². The molecule has 1 N–H and O–H groups in total. The molecule has 124 valence electrons. The second-order valence-corrected chi connectivity index (χ2v) is 9.07. The zero-order valence-corrected chi connectivity index (χ0v) is 16.6. The van der Waals surface area contributed by atoms with Crippen LogP contribution >= 0.6 is 15.9 Å². The molecule has 1 nitrogen and oxygen atoms in total. The van der Waals surface area contributed by atoms with Crippen LogP contribution in [0.2, 0.25) is 0 Å². The highest BCUT2D eigenvalue weighted by Crippen LogP contribution is 2.44. The molecule has 2 heteroatoms. The fourth-order valence-corrected chi connectivity index (χ4v) is 4.53. The van der Waals surface area contributed by atoms with Crippen molar-refractivity contribution in [2.45, 2.75) is 58.8 Å². The minimum Gasteiger partial charge on any atom is -0.508 e. The summed E-state index contributed by atoms with van der Waals surface area (Å²) in [5.74, 6) is 0.395. The van der Waals surface area contributed by atoms with Crippen LogP contribution in [0.1, 0.15) is 63.8 Å². The topological polar surface area (TPSA) is 20.2 Å².